The number of hydrogen-bond donors (Lipinski definition) is 1. The van der Waals surface area contributed by atoms with Crippen molar-refractivity contribution in [1.29, 1.82) is 0 Å². The average Bonchev–Trinajstić information content (AvgIpc) is 2.99. The summed E-state index contributed by atoms with van der Waals surface area (Å²) in [6, 6.07) is 8.61. The third kappa shape index (κ3) is 3.31. The van der Waals surface area contributed by atoms with Gasteiger partial charge in [-0.05, 0) is 18.9 Å². The number of ether oxygens (including phenoxy) is 1. The highest BCUT2D eigenvalue weighted by molar-refractivity contribution is 5.78. The molecule has 1 fully saturated rings. The highest BCUT2D eigenvalue weighted by Gasteiger charge is 2.26. The van der Waals surface area contributed by atoms with Gasteiger partial charge in [-0.1, -0.05) is 18.2 Å². The number of nitrogens with zero attached hydrogens (tertiary/aromatic N) is 3. The Morgan fingerprint density at radius 1 is 1.38 bits per heavy atom. The monoisotopic (exact) mass is 286 g/mol. The van der Waals surface area contributed by atoms with E-state index in [0.717, 1.165) is 43.1 Å². The highest BCUT2D eigenvalue weighted by Crippen LogP contribution is 2.23. The first-order valence-electron chi connectivity index (χ1n) is 7.56. The molecule has 1 N–H and O–H groups in total. The topological polar surface area (TPSA) is 50.3 Å². The lowest BCUT2D eigenvalue weighted by molar-refractivity contribution is 0.199. The van der Waals surface area contributed by atoms with Crippen LogP contribution in [0, 0.1) is 0 Å². The van der Waals surface area contributed by atoms with Gasteiger partial charge in [-0.15, -0.1) is 0 Å². The number of benzene rings is 1. The molecule has 3 rings (SSSR count). The molecule has 1 aromatic heterocycles. The molecule has 1 unspecified atom stereocenters. The summed E-state index contributed by atoms with van der Waals surface area (Å²) in [6.45, 7) is 3.63. The molecule has 21 heavy (non-hydrogen) atoms. The first-order chi connectivity index (χ1) is 10.4. The number of methoxy groups -OCH3 is 1. The molecule has 0 bridgehead atoms. The van der Waals surface area contributed by atoms with Crippen molar-refractivity contribution in [3.05, 3.63) is 30.5 Å². The number of rotatable bonds is 6. The Balaban J connectivity index is 1.70. The van der Waals surface area contributed by atoms with Gasteiger partial charge in [0.2, 0.25) is 5.95 Å². The van der Waals surface area contributed by atoms with Crippen LogP contribution in [0.2, 0.25) is 0 Å². The molecule has 112 valence electrons. The maximum Gasteiger partial charge on any atom is 0.226 e. The molecule has 1 saturated heterocycles. The number of fused-ring (bicyclic) bond motifs is 1. The van der Waals surface area contributed by atoms with Gasteiger partial charge < -0.3 is 15.0 Å². The van der Waals surface area contributed by atoms with Crippen LogP contribution in [0.15, 0.2) is 30.5 Å². The smallest absolute Gasteiger partial charge is 0.226 e. The summed E-state index contributed by atoms with van der Waals surface area (Å²) in [7, 11) is 1.73. The first-order valence-corrected chi connectivity index (χ1v) is 7.56. The summed E-state index contributed by atoms with van der Waals surface area (Å²) in [5.74, 6) is 0.852. The van der Waals surface area contributed by atoms with Crippen molar-refractivity contribution in [2.45, 2.75) is 18.9 Å². The van der Waals surface area contributed by atoms with Crippen LogP contribution in [0.25, 0.3) is 10.9 Å². The predicted molar refractivity (Wildman–Crippen MR) is 84.7 cm³/mol. The van der Waals surface area contributed by atoms with Crippen molar-refractivity contribution in [2.24, 2.45) is 0 Å². The maximum absolute atomic E-state index is 5.07. The Morgan fingerprint density at radius 2 is 2.29 bits per heavy atom. The molecule has 0 radical (unpaired) electrons. The van der Waals surface area contributed by atoms with Crippen molar-refractivity contribution >= 4 is 16.9 Å². The van der Waals surface area contributed by atoms with Crippen LogP contribution in [0.3, 0.4) is 0 Å². The van der Waals surface area contributed by atoms with Gasteiger partial charge in [0.1, 0.15) is 0 Å². The van der Waals surface area contributed by atoms with E-state index in [0.29, 0.717) is 6.04 Å². The highest BCUT2D eigenvalue weighted by atomic mass is 16.5. The minimum Gasteiger partial charge on any atom is -0.383 e. The number of hydrogen-bond acceptors (Lipinski definition) is 5. The predicted octanol–water partition coefficient (Wildman–Crippen LogP) is 1.83. The van der Waals surface area contributed by atoms with Crippen molar-refractivity contribution in [2.75, 3.05) is 38.3 Å². The van der Waals surface area contributed by atoms with Gasteiger partial charge in [-0.2, -0.15) is 0 Å². The second kappa shape index (κ2) is 6.83. The molecule has 2 aromatic rings. The quantitative estimate of drug-likeness (QED) is 0.821. The standard InChI is InChI=1S/C16H22N4O/c1-21-10-8-17-12-14-6-4-9-20(14)16-18-11-13-5-2-3-7-15(13)19-16/h2-3,5,7,11,14,17H,4,6,8-10,12H2,1H3. The molecule has 0 amide bonds. The summed E-state index contributed by atoms with van der Waals surface area (Å²) < 4.78 is 5.07. The summed E-state index contributed by atoms with van der Waals surface area (Å²) in [4.78, 5) is 11.6. The lowest BCUT2D eigenvalue weighted by Gasteiger charge is -2.25. The van der Waals surface area contributed by atoms with Crippen LogP contribution in [0.4, 0.5) is 5.95 Å². The molecule has 1 aliphatic heterocycles. The molecule has 1 aromatic carbocycles. The van der Waals surface area contributed by atoms with Gasteiger partial charge in [0.05, 0.1) is 12.1 Å². The number of nitrogens with one attached hydrogen (secondary N) is 1. The zero-order valence-corrected chi connectivity index (χ0v) is 12.5. The molecular formula is C16H22N4O. The minimum atomic E-state index is 0.475. The molecule has 5 nitrogen and oxygen atoms in total. The van der Waals surface area contributed by atoms with Crippen molar-refractivity contribution in [1.82, 2.24) is 15.3 Å². The summed E-state index contributed by atoms with van der Waals surface area (Å²) in [5.41, 5.74) is 1.01. The van der Waals surface area contributed by atoms with E-state index in [2.05, 4.69) is 15.2 Å². The SMILES string of the molecule is COCCNCC1CCCN1c1ncc2ccccc2n1. The Bertz CT molecular complexity index is 589. The van der Waals surface area contributed by atoms with Gasteiger partial charge >= 0.3 is 0 Å². The maximum atomic E-state index is 5.07. The van der Waals surface area contributed by atoms with Gasteiger partial charge in [-0.3, -0.25) is 0 Å². The van der Waals surface area contributed by atoms with Crippen LogP contribution in [-0.2, 0) is 4.74 Å². The van der Waals surface area contributed by atoms with E-state index < -0.39 is 0 Å². The Hall–Kier alpha value is -1.72. The summed E-state index contributed by atoms with van der Waals surface area (Å²) >= 11 is 0. The summed E-state index contributed by atoms with van der Waals surface area (Å²) in [5, 5.41) is 4.54. The largest absolute Gasteiger partial charge is 0.383 e. The van der Waals surface area contributed by atoms with Crippen molar-refractivity contribution in [3.63, 3.8) is 0 Å². The molecule has 2 heterocycles. The lowest BCUT2D eigenvalue weighted by Crippen LogP contribution is -2.39. The fourth-order valence-electron chi connectivity index (χ4n) is 2.85. The molecule has 1 atom stereocenters. The zero-order chi connectivity index (χ0) is 14.5. The molecule has 0 aliphatic carbocycles. The molecular weight excluding hydrogens is 264 g/mol. The lowest BCUT2D eigenvalue weighted by atomic mass is 10.2. The molecule has 1 aliphatic rings. The van der Waals surface area contributed by atoms with Crippen LogP contribution < -0.4 is 10.2 Å². The van der Waals surface area contributed by atoms with E-state index in [9.17, 15) is 0 Å². The Kier molecular flexibility index (Phi) is 4.62. The van der Waals surface area contributed by atoms with Crippen LogP contribution >= 0.6 is 0 Å². The van der Waals surface area contributed by atoms with Gasteiger partial charge in [0.25, 0.3) is 0 Å². The van der Waals surface area contributed by atoms with E-state index in [-0.39, 0.29) is 0 Å². The normalized spacial score (nSPS) is 18.5. The van der Waals surface area contributed by atoms with Gasteiger partial charge in [0, 0.05) is 44.4 Å². The third-order valence-corrected chi connectivity index (χ3v) is 3.97. The second-order valence-corrected chi connectivity index (χ2v) is 5.42. The average molecular weight is 286 g/mol. The van der Waals surface area contributed by atoms with Crippen LogP contribution in [0.5, 0.6) is 0 Å². The number of para-hydroxylation sites is 1. The van der Waals surface area contributed by atoms with E-state index in [1.54, 1.807) is 7.11 Å². The van der Waals surface area contributed by atoms with E-state index in [1.807, 2.05) is 30.5 Å². The van der Waals surface area contributed by atoms with E-state index in [4.69, 9.17) is 9.72 Å². The number of anilines is 1. The number of aromatic nitrogens is 2. The van der Waals surface area contributed by atoms with Gasteiger partial charge in [0.15, 0.2) is 0 Å². The Morgan fingerprint density at radius 3 is 3.19 bits per heavy atom. The van der Waals surface area contributed by atoms with Crippen LogP contribution in [-0.4, -0.2) is 49.4 Å². The van der Waals surface area contributed by atoms with Crippen molar-refractivity contribution < 1.29 is 4.74 Å². The van der Waals surface area contributed by atoms with E-state index in [1.165, 1.54) is 12.8 Å². The molecule has 0 spiro atoms. The fourth-order valence-corrected chi connectivity index (χ4v) is 2.85. The fraction of sp³-hybridized carbons (Fsp3) is 0.500. The third-order valence-electron chi connectivity index (χ3n) is 3.97. The van der Waals surface area contributed by atoms with Crippen LogP contribution in [0.1, 0.15) is 12.8 Å². The molecule has 0 saturated carbocycles. The first kappa shape index (κ1) is 14.2. The van der Waals surface area contributed by atoms with Gasteiger partial charge in [-0.25, -0.2) is 9.97 Å². The second-order valence-electron chi connectivity index (χ2n) is 5.42. The summed E-state index contributed by atoms with van der Waals surface area (Å²) in [6.07, 6.45) is 4.31. The van der Waals surface area contributed by atoms with E-state index >= 15 is 0 Å². The zero-order valence-electron chi connectivity index (χ0n) is 12.5. The molecule has 5 heteroatoms. The van der Waals surface area contributed by atoms with Crippen molar-refractivity contribution in [3.8, 4) is 0 Å². The Labute approximate surface area is 125 Å². The minimum absolute atomic E-state index is 0.475.